The van der Waals surface area contributed by atoms with E-state index >= 15 is 0 Å². The zero-order valence-corrected chi connectivity index (χ0v) is 10.4. The molecule has 15 heavy (non-hydrogen) atoms. The minimum Gasteiger partial charge on any atom is -0.386 e. The van der Waals surface area contributed by atoms with Crippen molar-refractivity contribution >= 4 is 11.3 Å². The highest BCUT2D eigenvalue weighted by atomic mass is 32.1. The average molecular weight is 227 g/mol. The average Bonchev–Trinajstić information content (AvgIpc) is 2.69. The molecular weight excluding hydrogens is 206 g/mol. The smallest absolute Gasteiger partial charge is 0.101 e. The summed E-state index contributed by atoms with van der Waals surface area (Å²) in [7, 11) is 0. The van der Waals surface area contributed by atoms with Crippen molar-refractivity contribution in [2.24, 2.45) is 5.92 Å². The topological polar surface area (TPSA) is 32.3 Å². The Labute approximate surface area is 96.3 Å². The van der Waals surface area contributed by atoms with E-state index < -0.39 is 0 Å². The van der Waals surface area contributed by atoms with Crippen LogP contribution in [-0.2, 0) is 0 Å². The fraction of sp³-hybridized carbons (Fsp3) is 0.667. The second kappa shape index (κ2) is 6.99. The molecule has 0 aromatic carbocycles. The highest BCUT2D eigenvalue weighted by molar-refractivity contribution is 7.10. The zero-order chi connectivity index (χ0) is 11.1. The lowest BCUT2D eigenvalue weighted by atomic mass is 10.1. The lowest BCUT2D eigenvalue weighted by molar-refractivity contribution is 0.178. The van der Waals surface area contributed by atoms with Gasteiger partial charge in [0.05, 0.1) is 0 Å². The van der Waals surface area contributed by atoms with E-state index in [4.69, 9.17) is 0 Å². The van der Waals surface area contributed by atoms with Crippen LogP contribution in [-0.4, -0.2) is 18.2 Å². The summed E-state index contributed by atoms with van der Waals surface area (Å²) in [5.74, 6) is 0.772. The van der Waals surface area contributed by atoms with Gasteiger partial charge in [-0.05, 0) is 36.8 Å². The molecule has 0 fully saturated rings. The van der Waals surface area contributed by atoms with Crippen LogP contribution in [0.5, 0.6) is 0 Å². The van der Waals surface area contributed by atoms with Crippen LogP contribution in [0.4, 0.5) is 0 Å². The third-order valence-corrected chi connectivity index (χ3v) is 3.32. The van der Waals surface area contributed by atoms with Gasteiger partial charge in [0.1, 0.15) is 6.10 Å². The van der Waals surface area contributed by atoms with Crippen molar-refractivity contribution in [2.45, 2.75) is 32.8 Å². The molecule has 0 saturated carbocycles. The molecule has 0 bridgehead atoms. The van der Waals surface area contributed by atoms with Crippen LogP contribution in [0.1, 0.15) is 37.7 Å². The first-order valence-corrected chi connectivity index (χ1v) is 6.50. The van der Waals surface area contributed by atoms with E-state index in [0.29, 0.717) is 6.54 Å². The van der Waals surface area contributed by atoms with Crippen molar-refractivity contribution in [3.05, 3.63) is 22.4 Å². The SMILES string of the molecule is CC(C)CCCNCC(O)c1cccs1. The zero-order valence-electron chi connectivity index (χ0n) is 9.57. The first kappa shape index (κ1) is 12.7. The minimum absolute atomic E-state index is 0.343. The van der Waals surface area contributed by atoms with Gasteiger partial charge >= 0.3 is 0 Å². The van der Waals surface area contributed by atoms with E-state index in [-0.39, 0.29) is 6.10 Å². The highest BCUT2D eigenvalue weighted by Gasteiger charge is 2.06. The Kier molecular flexibility index (Phi) is 5.91. The number of hydrogen-bond acceptors (Lipinski definition) is 3. The maximum Gasteiger partial charge on any atom is 0.101 e. The van der Waals surface area contributed by atoms with Crippen molar-refractivity contribution in [3.8, 4) is 0 Å². The van der Waals surface area contributed by atoms with Gasteiger partial charge in [-0.3, -0.25) is 0 Å². The summed E-state index contributed by atoms with van der Waals surface area (Å²) >= 11 is 1.61. The van der Waals surface area contributed by atoms with E-state index in [2.05, 4.69) is 19.2 Å². The van der Waals surface area contributed by atoms with E-state index in [1.54, 1.807) is 11.3 Å². The van der Waals surface area contributed by atoms with Gasteiger partial charge in [-0.15, -0.1) is 11.3 Å². The molecule has 0 amide bonds. The molecule has 0 radical (unpaired) electrons. The van der Waals surface area contributed by atoms with Crippen LogP contribution in [0, 0.1) is 5.92 Å². The Balaban J connectivity index is 2.05. The van der Waals surface area contributed by atoms with Crippen LogP contribution >= 0.6 is 11.3 Å². The maximum atomic E-state index is 9.77. The Morgan fingerprint density at radius 2 is 2.27 bits per heavy atom. The van der Waals surface area contributed by atoms with Gasteiger partial charge in [0, 0.05) is 11.4 Å². The first-order valence-electron chi connectivity index (χ1n) is 5.62. The number of thiophene rings is 1. The van der Waals surface area contributed by atoms with Crippen molar-refractivity contribution in [2.75, 3.05) is 13.1 Å². The summed E-state index contributed by atoms with van der Waals surface area (Å²) in [5.41, 5.74) is 0. The van der Waals surface area contributed by atoms with E-state index in [1.165, 1.54) is 12.8 Å². The fourth-order valence-electron chi connectivity index (χ4n) is 1.46. The molecule has 1 unspecified atom stereocenters. The standard InChI is InChI=1S/C12H21NOS/c1-10(2)5-3-7-13-9-11(14)12-6-4-8-15-12/h4,6,8,10-11,13-14H,3,5,7,9H2,1-2H3. The van der Waals surface area contributed by atoms with Crippen LogP contribution in [0.15, 0.2) is 17.5 Å². The normalized spacial score (nSPS) is 13.3. The van der Waals surface area contributed by atoms with Gasteiger partial charge < -0.3 is 10.4 Å². The monoisotopic (exact) mass is 227 g/mol. The molecule has 0 saturated heterocycles. The van der Waals surface area contributed by atoms with Crippen molar-refractivity contribution < 1.29 is 5.11 Å². The Bertz CT molecular complexity index is 246. The Hall–Kier alpha value is -0.380. The molecule has 0 spiro atoms. The molecule has 2 nitrogen and oxygen atoms in total. The Morgan fingerprint density at radius 3 is 2.87 bits per heavy atom. The fourth-order valence-corrected chi connectivity index (χ4v) is 2.17. The summed E-state index contributed by atoms with van der Waals surface area (Å²) < 4.78 is 0. The molecule has 1 aromatic heterocycles. The molecule has 1 heterocycles. The van der Waals surface area contributed by atoms with Gasteiger partial charge in [0.25, 0.3) is 0 Å². The summed E-state index contributed by atoms with van der Waals surface area (Å²) in [4.78, 5) is 1.05. The van der Waals surface area contributed by atoms with Crippen molar-refractivity contribution in [3.63, 3.8) is 0 Å². The van der Waals surface area contributed by atoms with Gasteiger partial charge in [-0.1, -0.05) is 19.9 Å². The van der Waals surface area contributed by atoms with Gasteiger partial charge in [0.15, 0.2) is 0 Å². The molecule has 1 atom stereocenters. The quantitative estimate of drug-likeness (QED) is 0.702. The summed E-state index contributed by atoms with van der Waals surface area (Å²) in [6.07, 6.45) is 2.10. The Morgan fingerprint density at radius 1 is 1.47 bits per heavy atom. The highest BCUT2D eigenvalue weighted by Crippen LogP contribution is 2.17. The van der Waals surface area contributed by atoms with Crippen molar-refractivity contribution in [1.82, 2.24) is 5.32 Å². The van der Waals surface area contributed by atoms with Crippen LogP contribution in [0.2, 0.25) is 0 Å². The number of aliphatic hydroxyl groups excluding tert-OH is 1. The van der Waals surface area contributed by atoms with Crippen LogP contribution < -0.4 is 5.32 Å². The first-order chi connectivity index (χ1) is 7.20. The van der Waals surface area contributed by atoms with Gasteiger partial charge in [-0.25, -0.2) is 0 Å². The van der Waals surface area contributed by atoms with E-state index in [1.807, 2.05) is 17.5 Å². The number of rotatable bonds is 7. The lowest BCUT2D eigenvalue weighted by Crippen LogP contribution is -2.22. The molecule has 2 N–H and O–H groups in total. The number of hydrogen-bond donors (Lipinski definition) is 2. The predicted octanol–water partition coefficient (Wildman–Crippen LogP) is 2.81. The lowest BCUT2D eigenvalue weighted by Gasteiger charge is -2.10. The second-order valence-electron chi connectivity index (χ2n) is 4.27. The largest absolute Gasteiger partial charge is 0.386 e. The van der Waals surface area contributed by atoms with Gasteiger partial charge in [0.2, 0.25) is 0 Å². The van der Waals surface area contributed by atoms with Crippen LogP contribution in [0.3, 0.4) is 0 Å². The summed E-state index contributed by atoms with van der Waals surface area (Å²) in [5, 5.41) is 15.0. The minimum atomic E-state index is -0.343. The number of aliphatic hydroxyl groups is 1. The molecule has 86 valence electrons. The number of nitrogens with one attached hydrogen (secondary N) is 1. The predicted molar refractivity (Wildman–Crippen MR) is 66.2 cm³/mol. The molecule has 0 aliphatic heterocycles. The summed E-state index contributed by atoms with van der Waals surface area (Å²) in [6, 6.07) is 3.95. The van der Waals surface area contributed by atoms with E-state index in [9.17, 15) is 5.11 Å². The van der Waals surface area contributed by atoms with Crippen molar-refractivity contribution in [1.29, 1.82) is 0 Å². The molecule has 3 heteroatoms. The van der Waals surface area contributed by atoms with Crippen LogP contribution in [0.25, 0.3) is 0 Å². The maximum absolute atomic E-state index is 9.77. The third kappa shape index (κ3) is 5.30. The van der Waals surface area contributed by atoms with Gasteiger partial charge in [-0.2, -0.15) is 0 Å². The molecule has 0 aliphatic rings. The molecule has 0 aliphatic carbocycles. The summed E-state index contributed by atoms with van der Waals surface area (Å²) in [6.45, 7) is 6.14. The second-order valence-corrected chi connectivity index (χ2v) is 5.25. The van der Waals surface area contributed by atoms with E-state index in [0.717, 1.165) is 17.3 Å². The molecular formula is C12H21NOS. The molecule has 1 aromatic rings. The third-order valence-electron chi connectivity index (χ3n) is 2.34. The molecule has 1 rings (SSSR count).